The highest BCUT2D eigenvalue weighted by Gasteiger charge is 2.19. The van der Waals surface area contributed by atoms with Crippen LogP contribution in [0.3, 0.4) is 0 Å². The van der Waals surface area contributed by atoms with Crippen LogP contribution in [0.25, 0.3) is 116 Å². The molecule has 13 aromatic rings. The molecule has 0 N–H and O–H groups in total. The molecule has 0 radical (unpaired) electrons. The molecule has 0 bridgehead atoms. The van der Waals surface area contributed by atoms with E-state index >= 15 is 0 Å². The maximum atomic E-state index is 5.22. The molecule has 0 amide bonds. The minimum absolute atomic E-state index is 0.706. The van der Waals surface area contributed by atoms with Crippen LogP contribution in [0.5, 0.6) is 0 Å². The molecular formula is C55H34N6. The Morgan fingerprint density at radius 2 is 0.934 bits per heavy atom. The summed E-state index contributed by atoms with van der Waals surface area (Å²) in [4.78, 5) is 15.4. The fraction of sp³-hybridized carbons (Fsp3) is 0. The maximum Gasteiger partial charge on any atom is 0.220 e. The van der Waals surface area contributed by atoms with E-state index in [2.05, 4.69) is 214 Å². The smallest absolute Gasteiger partial charge is 0.220 e. The second kappa shape index (κ2) is 13.1. The van der Waals surface area contributed by atoms with Gasteiger partial charge in [0.15, 0.2) is 5.82 Å². The highest BCUT2D eigenvalue weighted by Crippen LogP contribution is 2.38. The molecule has 13 rings (SSSR count). The van der Waals surface area contributed by atoms with E-state index in [1.165, 1.54) is 21.5 Å². The van der Waals surface area contributed by atoms with E-state index in [-0.39, 0.29) is 0 Å². The highest BCUT2D eigenvalue weighted by atomic mass is 15.2. The van der Waals surface area contributed by atoms with Crippen LogP contribution in [-0.2, 0) is 0 Å². The van der Waals surface area contributed by atoms with Crippen molar-refractivity contribution in [2.75, 3.05) is 0 Å². The Hall–Kier alpha value is -8.35. The van der Waals surface area contributed by atoms with Crippen molar-refractivity contribution in [1.29, 1.82) is 0 Å². The van der Waals surface area contributed by atoms with Crippen LogP contribution in [0.15, 0.2) is 206 Å². The molecule has 0 aliphatic heterocycles. The normalized spacial score (nSPS) is 11.9. The topological polar surface area (TPSA) is 52.9 Å². The van der Waals surface area contributed by atoms with Crippen molar-refractivity contribution >= 4 is 71.3 Å². The molecular weight excluding hydrogens is 745 g/mol. The summed E-state index contributed by atoms with van der Waals surface area (Å²) in [6.45, 7) is 0. The number of para-hydroxylation sites is 5. The minimum Gasteiger partial charge on any atom is -0.309 e. The van der Waals surface area contributed by atoms with Gasteiger partial charge in [0.25, 0.3) is 0 Å². The van der Waals surface area contributed by atoms with Crippen molar-refractivity contribution in [2.45, 2.75) is 0 Å². The monoisotopic (exact) mass is 778 g/mol. The third-order valence-corrected chi connectivity index (χ3v) is 12.2. The van der Waals surface area contributed by atoms with Gasteiger partial charge >= 0.3 is 0 Å². The summed E-state index contributed by atoms with van der Waals surface area (Å²) in [6.07, 6.45) is 0. The molecule has 4 heterocycles. The van der Waals surface area contributed by atoms with Gasteiger partial charge in [0.1, 0.15) is 0 Å². The van der Waals surface area contributed by atoms with Gasteiger partial charge < -0.3 is 4.57 Å². The number of benzene rings is 9. The third-order valence-electron chi connectivity index (χ3n) is 12.2. The largest absolute Gasteiger partial charge is 0.309 e. The third kappa shape index (κ3) is 5.19. The average molecular weight is 779 g/mol. The molecule has 0 unspecified atom stereocenters. The first kappa shape index (κ1) is 33.6. The molecule has 0 spiro atoms. The van der Waals surface area contributed by atoms with Gasteiger partial charge in [-0.05, 0) is 113 Å². The lowest BCUT2D eigenvalue weighted by Crippen LogP contribution is -1.97. The molecule has 0 fully saturated rings. The standard InChI is InChI=1S/C55H34N6/c1-2-14-41(15-3-1)60-51-31-27-39(34-52(51)61-50-21-11-9-19-47(50)57-55(60)61)38-26-30-49-45(33-38)43-16-7-10-20-48(43)59(49)42-28-24-36(25-29-42)54-56-46-18-8-6-17-44(46)53(58-54)40-23-22-35-12-4-5-13-37(35)32-40/h1-34H. The van der Waals surface area contributed by atoms with E-state index in [9.17, 15) is 0 Å². The first-order valence-electron chi connectivity index (χ1n) is 20.6. The molecule has 9 aromatic carbocycles. The first-order chi connectivity index (χ1) is 30.2. The van der Waals surface area contributed by atoms with Crippen LogP contribution >= 0.6 is 0 Å². The van der Waals surface area contributed by atoms with Crippen LogP contribution in [-0.4, -0.2) is 28.5 Å². The summed E-state index contributed by atoms with van der Waals surface area (Å²) in [6, 6.07) is 73.2. The Morgan fingerprint density at radius 3 is 1.79 bits per heavy atom. The van der Waals surface area contributed by atoms with E-state index < -0.39 is 0 Å². The summed E-state index contributed by atoms with van der Waals surface area (Å²) in [5, 5.41) is 5.85. The molecule has 0 atom stereocenters. The second-order valence-electron chi connectivity index (χ2n) is 15.7. The van der Waals surface area contributed by atoms with Crippen molar-refractivity contribution in [3.05, 3.63) is 206 Å². The molecule has 0 aliphatic rings. The van der Waals surface area contributed by atoms with Crippen LogP contribution in [0.4, 0.5) is 0 Å². The van der Waals surface area contributed by atoms with Gasteiger partial charge in [-0.15, -0.1) is 0 Å². The number of rotatable bonds is 5. The average Bonchev–Trinajstić information content (AvgIpc) is 3.98. The van der Waals surface area contributed by atoms with E-state index in [4.69, 9.17) is 15.0 Å². The predicted molar refractivity (Wildman–Crippen MR) is 251 cm³/mol. The fourth-order valence-corrected chi connectivity index (χ4v) is 9.36. The lowest BCUT2D eigenvalue weighted by molar-refractivity contribution is 1.11. The van der Waals surface area contributed by atoms with E-state index in [1.54, 1.807) is 0 Å². The van der Waals surface area contributed by atoms with Crippen LogP contribution in [0.1, 0.15) is 0 Å². The zero-order valence-electron chi connectivity index (χ0n) is 32.8. The Morgan fingerprint density at radius 1 is 0.311 bits per heavy atom. The lowest BCUT2D eigenvalue weighted by Gasteiger charge is -2.12. The number of fused-ring (bicyclic) bond motifs is 10. The zero-order valence-corrected chi connectivity index (χ0v) is 32.8. The van der Waals surface area contributed by atoms with Gasteiger partial charge in [0, 0.05) is 38.7 Å². The molecule has 4 aromatic heterocycles. The molecule has 6 nitrogen and oxygen atoms in total. The zero-order chi connectivity index (χ0) is 40.0. The van der Waals surface area contributed by atoms with Gasteiger partial charge in [-0.3, -0.25) is 8.97 Å². The molecule has 0 saturated heterocycles. The Bertz CT molecular complexity index is 3870. The summed E-state index contributed by atoms with van der Waals surface area (Å²) < 4.78 is 6.92. The van der Waals surface area contributed by atoms with Crippen LogP contribution < -0.4 is 0 Å². The summed E-state index contributed by atoms with van der Waals surface area (Å²) in [7, 11) is 0. The number of hydrogen-bond donors (Lipinski definition) is 0. The van der Waals surface area contributed by atoms with E-state index in [1.807, 2.05) is 6.07 Å². The molecule has 0 aliphatic carbocycles. The Balaban J connectivity index is 0.921. The van der Waals surface area contributed by atoms with Gasteiger partial charge in [0.05, 0.1) is 44.3 Å². The van der Waals surface area contributed by atoms with Gasteiger partial charge in [-0.1, -0.05) is 115 Å². The van der Waals surface area contributed by atoms with Crippen molar-refractivity contribution in [1.82, 2.24) is 28.5 Å². The van der Waals surface area contributed by atoms with Gasteiger partial charge in [-0.25, -0.2) is 15.0 Å². The van der Waals surface area contributed by atoms with Gasteiger partial charge in [-0.2, -0.15) is 0 Å². The Kier molecular flexibility index (Phi) is 7.21. The summed E-state index contributed by atoms with van der Waals surface area (Å²) >= 11 is 0. The number of hydrogen-bond acceptors (Lipinski definition) is 3. The lowest BCUT2D eigenvalue weighted by atomic mass is 10.0. The van der Waals surface area contributed by atoms with E-state index in [0.29, 0.717) is 5.82 Å². The van der Waals surface area contributed by atoms with Crippen molar-refractivity contribution in [2.24, 2.45) is 0 Å². The molecule has 284 valence electrons. The van der Waals surface area contributed by atoms with Crippen molar-refractivity contribution < 1.29 is 0 Å². The van der Waals surface area contributed by atoms with Crippen LogP contribution in [0, 0.1) is 0 Å². The summed E-state index contributed by atoms with van der Waals surface area (Å²) in [5.74, 6) is 1.61. The number of imidazole rings is 2. The molecule has 6 heteroatoms. The predicted octanol–water partition coefficient (Wildman–Crippen LogP) is 13.6. The minimum atomic E-state index is 0.706. The van der Waals surface area contributed by atoms with Crippen LogP contribution in [0.2, 0.25) is 0 Å². The number of aromatic nitrogens is 6. The SMILES string of the molecule is c1ccc(-n2c3ccc(-c4ccc5c(c4)c4ccccc4n5-c4ccc(-c5nc(-c6ccc7ccccc7c6)c6ccccc6n5)cc4)cc3n3c4ccccc4nc23)cc1. The Labute approximate surface area is 349 Å². The van der Waals surface area contributed by atoms with Crippen molar-refractivity contribution in [3.63, 3.8) is 0 Å². The molecule has 0 saturated carbocycles. The maximum absolute atomic E-state index is 5.22. The van der Waals surface area contributed by atoms with Gasteiger partial charge in [0.2, 0.25) is 5.78 Å². The second-order valence-corrected chi connectivity index (χ2v) is 15.7. The quantitative estimate of drug-likeness (QED) is 0.175. The number of nitrogens with zero attached hydrogens (tertiary/aromatic N) is 6. The first-order valence-corrected chi connectivity index (χ1v) is 20.6. The molecule has 61 heavy (non-hydrogen) atoms. The van der Waals surface area contributed by atoms with Crippen molar-refractivity contribution in [3.8, 4) is 45.1 Å². The highest BCUT2D eigenvalue weighted by molar-refractivity contribution is 6.11. The summed E-state index contributed by atoms with van der Waals surface area (Å²) in [5.41, 5.74) is 15.0. The van der Waals surface area contributed by atoms with E-state index in [0.717, 1.165) is 89.1 Å². The fourth-order valence-electron chi connectivity index (χ4n) is 9.36.